The van der Waals surface area contributed by atoms with Crippen LogP contribution in [0, 0.1) is 22.0 Å². The Morgan fingerprint density at radius 3 is 3.06 bits per heavy atom. The summed E-state index contributed by atoms with van der Waals surface area (Å²) in [6.07, 6.45) is 1.20. The molecule has 82 valence electrons. The van der Waals surface area contributed by atoms with Gasteiger partial charge < -0.3 is 14.9 Å². The third-order valence-corrected chi connectivity index (χ3v) is 1.64. The molecular formula is C10H8N2O4. The molecule has 0 aliphatic carbocycles. The second-order valence-electron chi connectivity index (χ2n) is 2.69. The number of nitro groups is 1. The van der Waals surface area contributed by atoms with Crippen molar-refractivity contribution in [1.29, 1.82) is 0 Å². The van der Waals surface area contributed by atoms with E-state index >= 15 is 0 Å². The fraction of sp³-hybridized carbons (Fsp3) is 0.200. The zero-order valence-electron chi connectivity index (χ0n) is 8.47. The van der Waals surface area contributed by atoms with Crippen LogP contribution in [0.4, 0.5) is 5.82 Å². The molecule has 0 aliphatic rings. The van der Waals surface area contributed by atoms with E-state index in [4.69, 9.17) is 0 Å². The van der Waals surface area contributed by atoms with Crippen LogP contribution in [-0.2, 0) is 9.53 Å². The van der Waals surface area contributed by atoms with Crippen LogP contribution in [0.1, 0.15) is 12.0 Å². The fourth-order valence-corrected chi connectivity index (χ4v) is 0.924. The number of rotatable bonds is 2. The average Bonchev–Trinajstić information content (AvgIpc) is 2.29. The summed E-state index contributed by atoms with van der Waals surface area (Å²) in [5, 5.41) is 10.6. The van der Waals surface area contributed by atoms with Gasteiger partial charge >= 0.3 is 11.8 Å². The molecule has 0 unspecified atom stereocenters. The molecule has 0 fully saturated rings. The van der Waals surface area contributed by atoms with Gasteiger partial charge in [-0.3, -0.25) is 4.79 Å². The molecule has 1 heterocycles. The predicted molar refractivity (Wildman–Crippen MR) is 54.4 cm³/mol. The van der Waals surface area contributed by atoms with E-state index in [0.29, 0.717) is 0 Å². The van der Waals surface area contributed by atoms with Crippen molar-refractivity contribution in [1.82, 2.24) is 4.98 Å². The lowest BCUT2D eigenvalue weighted by Gasteiger charge is -1.93. The molecular weight excluding hydrogens is 212 g/mol. The highest BCUT2D eigenvalue weighted by Crippen LogP contribution is 2.11. The standard InChI is InChI=1S/C10H8N2O4/c1-16-9(13)6-2-4-8-5-3-7-11-10(8)12(14)15/h3,5,7H,6H2,1H3. The van der Waals surface area contributed by atoms with Crippen LogP contribution in [0.2, 0.25) is 0 Å². The van der Waals surface area contributed by atoms with Gasteiger partial charge in [-0.1, -0.05) is 11.8 Å². The minimum absolute atomic E-state index is 0.109. The minimum Gasteiger partial charge on any atom is -0.468 e. The van der Waals surface area contributed by atoms with Gasteiger partial charge in [-0.15, -0.1) is 0 Å². The number of hydrogen-bond acceptors (Lipinski definition) is 5. The van der Waals surface area contributed by atoms with Gasteiger partial charge in [-0.2, -0.15) is 0 Å². The van der Waals surface area contributed by atoms with Gasteiger partial charge in [0.25, 0.3) is 0 Å². The first-order valence-corrected chi connectivity index (χ1v) is 4.30. The van der Waals surface area contributed by atoms with Gasteiger partial charge in [-0.25, -0.2) is 0 Å². The van der Waals surface area contributed by atoms with Crippen LogP contribution in [0.3, 0.4) is 0 Å². The van der Waals surface area contributed by atoms with Gasteiger partial charge in [0.15, 0.2) is 0 Å². The Morgan fingerprint density at radius 2 is 2.44 bits per heavy atom. The van der Waals surface area contributed by atoms with Crippen LogP contribution in [-0.4, -0.2) is 23.0 Å². The van der Waals surface area contributed by atoms with Gasteiger partial charge in [0, 0.05) is 0 Å². The number of hydrogen-bond donors (Lipinski definition) is 0. The molecule has 0 radical (unpaired) electrons. The number of ether oxygens (including phenoxy) is 1. The molecule has 1 aromatic rings. The maximum absolute atomic E-state index is 10.7. The molecule has 0 saturated heterocycles. The van der Waals surface area contributed by atoms with Gasteiger partial charge in [0.2, 0.25) is 0 Å². The van der Waals surface area contributed by atoms with Crippen molar-refractivity contribution in [3.63, 3.8) is 0 Å². The highest BCUT2D eigenvalue weighted by Gasteiger charge is 2.11. The van der Waals surface area contributed by atoms with Crippen LogP contribution >= 0.6 is 0 Å². The SMILES string of the molecule is COC(=O)CC#Cc1cccnc1[N+](=O)[O-]. The first-order chi connectivity index (χ1) is 7.65. The average molecular weight is 220 g/mol. The van der Waals surface area contributed by atoms with E-state index in [1.54, 1.807) is 0 Å². The Labute approximate surface area is 91.4 Å². The fourth-order valence-electron chi connectivity index (χ4n) is 0.924. The molecule has 0 atom stereocenters. The summed E-state index contributed by atoms with van der Waals surface area (Å²) < 4.78 is 4.37. The number of nitrogens with zero attached hydrogens (tertiary/aromatic N) is 2. The summed E-state index contributed by atoms with van der Waals surface area (Å²) in [6, 6.07) is 3.00. The maximum Gasteiger partial charge on any atom is 0.379 e. The van der Waals surface area contributed by atoms with E-state index < -0.39 is 10.9 Å². The summed E-state index contributed by atoms with van der Waals surface area (Å²) in [5.74, 6) is 4.18. The molecule has 6 nitrogen and oxygen atoms in total. The second kappa shape index (κ2) is 5.46. The molecule has 0 saturated carbocycles. The smallest absolute Gasteiger partial charge is 0.379 e. The van der Waals surface area contributed by atoms with Gasteiger partial charge in [0.05, 0.1) is 7.11 Å². The van der Waals surface area contributed by atoms with Gasteiger partial charge in [-0.05, 0) is 22.0 Å². The molecule has 0 spiro atoms. The number of methoxy groups -OCH3 is 1. The van der Waals surface area contributed by atoms with E-state index in [0.717, 1.165) is 0 Å². The van der Waals surface area contributed by atoms with E-state index in [1.807, 2.05) is 0 Å². The van der Waals surface area contributed by atoms with E-state index in [9.17, 15) is 14.9 Å². The first kappa shape index (κ1) is 11.7. The van der Waals surface area contributed by atoms with Crippen LogP contribution in [0.5, 0.6) is 0 Å². The Balaban J connectivity index is 2.88. The lowest BCUT2D eigenvalue weighted by molar-refractivity contribution is -0.389. The third-order valence-electron chi connectivity index (χ3n) is 1.64. The predicted octanol–water partition coefficient (Wildman–Crippen LogP) is 0.904. The van der Waals surface area contributed by atoms with Crippen LogP contribution in [0.15, 0.2) is 18.3 Å². The molecule has 1 rings (SSSR count). The zero-order chi connectivity index (χ0) is 12.0. The second-order valence-corrected chi connectivity index (χ2v) is 2.69. The van der Waals surface area contributed by atoms with Gasteiger partial charge in [0.1, 0.15) is 18.2 Å². The van der Waals surface area contributed by atoms with Crippen LogP contribution in [0.25, 0.3) is 0 Å². The molecule has 0 aromatic carbocycles. The Kier molecular flexibility index (Phi) is 3.98. The molecule has 0 aliphatic heterocycles. The molecule has 0 amide bonds. The van der Waals surface area contributed by atoms with Crippen molar-refractivity contribution >= 4 is 11.8 Å². The van der Waals surface area contributed by atoms with Crippen molar-refractivity contribution in [3.05, 3.63) is 34.0 Å². The lowest BCUT2D eigenvalue weighted by atomic mass is 10.2. The summed E-state index contributed by atoms with van der Waals surface area (Å²) in [7, 11) is 1.25. The Bertz CT molecular complexity index is 473. The van der Waals surface area contributed by atoms with Crippen molar-refractivity contribution in [2.24, 2.45) is 0 Å². The summed E-state index contributed by atoms with van der Waals surface area (Å²) in [5.41, 5.74) is 0.177. The summed E-state index contributed by atoms with van der Waals surface area (Å²) in [4.78, 5) is 24.3. The largest absolute Gasteiger partial charge is 0.468 e. The highest BCUT2D eigenvalue weighted by molar-refractivity contribution is 5.72. The van der Waals surface area contributed by atoms with E-state index in [-0.39, 0.29) is 17.8 Å². The van der Waals surface area contributed by atoms with Crippen molar-refractivity contribution in [2.75, 3.05) is 7.11 Å². The topological polar surface area (TPSA) is 82.3 Å². The molecule has 16 heavy (non-hydrogen) atoms. The van der Waals surface area contributed by atoms with E-state index in [1.165, 1.54) is 25.4 Å². The zero-order valence-corrected chi connectivity index (χ0v) is 8.47. The number of pyridine rings is 1. The summed E-state index contributed by atoms with van der Waals surface area (Å²) >= 11 is 0. The third kappa shape index (κ3) is 3.06. The number of carbonyl (C=O) groups is 1. The Hall–Kier alpha value is -2.42. The van der Waals surface area contributed by atoms with E-state index in [2.05, 4.69) is 21.6 Å². The number of esters is 1. The quantitative estimate of drug-likeness (QED) is 0.320. The van der Waals surface area contributed by atoms with Crippen molar-refractivity contribution < 1.29 is 14.5 Å². The van der Waals surface area contributed by atoms with Crippen LogP contribution < -0.4 is 0 Å². The molecule has 0 bridgehead atoms. The first-order valence-electron chi connectivity index (χ1n) is 4.30. The number of aromatic nitrogens is 1. The molecule has 1 aromatic heterocycles. The highest BCUT2D eigenvalue weighted by atomic mass is 16.6. The Morgan fingerprint density at radius 1 is 1.69 bits per heavy atom. The lowest BCUT2D eigenvalue weighted by Crippen LogP contribution is -1.98. The van der Waals surface area contributed by atoms with Crippen molar-refractivity contribution in [3.8, 4) is 11.8 Å². The maximum atomic E-state index is 10.7. The van der Waals surface area contributed by atoms with Crippen molar-refractivity contribution in [2.45, 2.75) is 6.42 Å². The molecule has 6 heteroatoms. The minimum atomic E-state index is -0.623. The summed E-state index contributed by atoms with van der Waals surface area (Å²) in [6.45, 7) is 0. The normalized spacial score (nSPS) is 8.81. The molecule has 0 N–H and O–H groups in total. The number of carbonyl (C=O) groups excluding carboxylic acids is 1. The monoisotopic (exact) mass is 220 g/mol.